The van der Waals surface area contributed by atoms with Crippen molar-refractivity contribution in [1.82, 2.24) is 5.32 Å². The molecule has 1 atom stereocenters. The van der Waals surface area contributed by atoms with Crippen LogP contribution < -0.4 is 5.32 Å². The van der Waals surface area contributed by atoms with E-state index in [1.165, 1.54) is 0 Å². The van der Waals surface area contributed by atoms with Crippen LogP contribution >= 0.6 is 0 Å². The van der Waals surface area contributed by atoms with E-state index < -0.39 is 6.10 Å². The molecule has 1 aliphatic rings. The van der Waals surface area contributed by atoms with Gasteiger partial charge >= 0.3 is 0 Å². The molecule has 0 radical (unpaired) electrons. The average Bonchev–Trinajstić information content (AvgIpc) is 2.06. The Kier molecular flexibility index (Phi) is 2.52. The van der Waals surface area contributed by atoms with E-state index >= 15 is 0 Å². The molecule has 0 amide bonds. The van der Waals surface area contributed by atoms with E-state index in [9.17, 15) is 9.50 Å². The zero-order chi connectivity index (χ0) is 10.1. The van der Waals surface area contributed by atoms with Crippen molar-refractivity contribution >= 4 is 0 Å². The summed E-state index contributed by atoms with van der Waals surface area (Å²) in [6.45, 7) is 3.26. The zero-order valence-electron chi connectivity index (χ0n) is 8.13. The first-order valence-electron chi connectivity index (χ1n) is 4.84. The van der Waals surface area contributed by atoms with E-state index in [1.807, 2.05) is 0 Å². The van der Waals surface area contributed by atoms with Crippen LogP contribution in [0.4, 0.5) is 4.39 Å². The van der Waals surface area contributed by atoms with Crippen LogP contribution in [0.25, 0.3) is 0 Å². The van der Waals surface area contributed by atoms with Gasteiger partial charge in [-0.05, 0) is 12.5 Å². The molecule has 2 N–H and O–H groups in total. The number of aliphatic hydroxyl groups is 1. The first-order valence-corrected chi connectivity index (χ1v) is 4.84. The van der Waals surface area contributed by atoms with Gasteiger partial charge in [-0.15, -0.1) is 0 Å². The lowest BCUT2D eigenvalue weighted by molar-refractivity contribution is 0.0735. The highest BCUT2D eigenvalue weighted by Gasteiger charge is 2.28. The maximum Gasteiger partial charge on any atom is 0.131 e. The van der Waals surface area contributed by atoms with E-state index in [0.717, 1.165) is 13.1 Å². The highest BCUT2D eigenvalue weighted by molar-refractivity contribution is 5.27. The van der Waals surface area contributed by atoms with Gasteiger partial charge < -0.3 is 10.4 Å². The van der Waals surface area contributed by atoms with Gasteiger partial charge in [0.25, 0.3) is 0 Å². The first kappa shape index (κ1) is 9.62. The van der Waals surface area contributed by atoms with Gasteiger partial charge in [0.2, 0.25) is 0 Å². The number of hydrogen-bond acceptors (Lipinski definition) is 2. The molecule has 1 fully saturated rings. The Bertz CT molecular complexity index is 336. The van der Waals surface area contributed by atoms with Gasteiger partial charge in [-0.2, -0.15) is 0 Å². The fraction of sp³-hybridized carbons (Fsp3) is 0.455. The Balaban J connectivity index is 2.26. The van der Waals surface area contributed by atoms with Crippen molar-refractivity contribution in [3.63, 3.8) is 0 Å². The number of benzene rings is 1. The Morgan fingerprint density at radius 3 is 2.79 bits per heavy atom. The van der Waals surface area contributed by atoms with Crippen LogP contribution in [0.3, 0.4) is 0 Å². The Morgan fingerprint density at radius 2 is 2.21 bits per heavy atom. The molecule has 1 heterocycles. The molecule has 14 heavy (non-hydrogen) atoms. The maximum atomic E-state index is 13.6. The summed E-state index contributed by atoms with van der Waals surface area (Å²) in [5.74, 6) is -0.113. The van der Waals surface area contributed by atoms with Crippen molar-refractivity contribution in [3.8, 4) is 0 Å². The van der Waals surface area contributed by atoms with Gasteiger partial charge in [-0.1, -0.05) is 18.2 Å². The lowest BCUT2D eigenvalue weighted by atomic mass is 9.90. The monoisotopic (exact) mass is 195 g/mol. The fourth-order valence-corrected chi connectivity index (χ4v) is 1.69. The number of aryl methyl sites for hydroxylation is 1. The molecule has 0 saturated carbocycles. The van der Waals surface area contributed by atoms with Crippen LogP contribution in [0.5, 0.6) is 0 Å². The average molecular weight is 195 g/mol. The fourth-order valence-electron chi connectivity index (χ4n) is 1.69. The number of nitrogens with one attached hydrogen (secondary N) is 1. The summed E-state index contributed by atoms with van der Waals surface area (Å²) in [5, 5.41) is 12.9. The molecule has 0 aliphatic carbocycles. The molecular weight excluding hydrogens is 181 g/mol. The van der Waals surface area contributed by atoms with Gasteiger partial charge in [0.15, 0.2) is 0 Å². The molecular formula is C11H14FNO. The predicted molar refractivity (Wildman–Crippen MR) is 52.5 cm³/mol. The highest BCUT2D eigenvalue weighted by Crippen LogP contribution is 2.27. The Morgan fingerprint density at radius 1 is 1.50 bits per heavy atom. The largest absolute Gasteiger partial charge is 0.388 e. The van der Waals surface area contributed by atoms with Crippen LogP contribution in [-0.4, -0.2) is 18.2 Å². The Labute approximate surface area is 82.8 Å². The second kappa shape index (κ2) is 3.67. The van der Waals surface area contributed by atoms with Gasteiger partial charge in [-0.25, -0.2) is 4.39 Å². The minimum absolute atomic E-state index is 0.159. The molecule has 2 rings (SSSR count). The molecule has 0 bridgehead atoms. The predicted octanol–water partition coefficient (Wildman–Crippen LogP) is 1.39. The lowest BCUT2D eigenvalue weighted by Crippen LogP contribution is -2.45. The molecule has 1 aromatic rings. The summed E-state index contributed by atoms with van der Waals surface area (Å²) in [4.78, 5) is 0. The zero-order valence-corrected chi connectivity index (χ0v) is 8.13. The summed E-state index contributed by atoms with van der Waals surface area (Å²) in [5.41, 5.74) is 1.02. The van der Waals surface area contributed by atoms with Crippen LogP contribution in [0.1, 0.15) is 17.2 Å². The molecule has 3 heteroatoms. The first-order chi connectivity index (χ1) is 6.70. The summed E-state index contributed by atoms with van der Waals surface area (Å²) >= 11 is 0. The van der Waals surface area contributed by atoms with Crippen LogP contribution in [0.2, 0.25) is 0 Å². The third-order valence-corrected chi connectivity index (χ3v) is 2.80. The SMILES string of the molecule is Cc1cccc(C(O)C2CNC2)c1F. The number of rotatable bonds is 2. The van der Waals surface area contributed by atoms with Crippen molar-refractivity contribution in [2.24, 2.45) is 5.92 Å². The third kappa shape index (κ3) is 1.53. The molecule has 0 spiro atoms. The summed E-state index contributed by atoms with van der Waals surface area (Å²) in [6, 6.07) is 5.15. The minimum Gasteiger partial charge on any atom is -0.388 e. The minimum atomic E-state index is -0.670. The van der Waals surface area contributed by atoms with Crippen molar-refractivity contribution in [1.29, 1.82) is 0 Å². The van der Waals surface area contributed by atoms with Gasteiger partial charge in [-0.3, -0.25) is 0 Å². The number of aliphatic hydroxyl groups excluding tert-OH is 1. The molecule has 0 aromatic heterocycles. The summed E-state index contributed by atoms with van der Waals surface area (Å²) in [7, 11) is 0. The third-order valence-electron chi connectivity index (χ3n) is 2.80. The molecule has 1 aromatic carbocycles. The topological polar surface area (TPSA) is 32.3 Å². The van der Waals surface area contributed by atoms with Crippen LogP contribution in [-0.2, 0) is 0 Å². The Hall–Kier alpha value is -0.930. The number of hydrogen-bond donors (Lipinski definition) is 2. The quantitative estimate of drug-likeness (QED) is 0.747. The van der Waals surface area contributed by atoms with E-state index in [1.54, 1.807) is 25.1 Å². The molecule has 76 valence electrons. The molecule has 2 nitrogen and oxygen atoms in total. The normalized spacial score (nSPS) is 19.1. The van der Waals surface area contributed by atoms with E-state index in [-0.39, 0.29) is 11.7 Å². The van der Waals surface area contributed by atoms with Crippen molar-refractivity contribution < 1.29 is 9.50 Å². The van der Waals surface area contributed by atoms with E-state index in [0.29, 0.717) is 11.1 Å². The van der Waals surface area contributed by atoms with Crippen molar-refractivity contribution in [2.75, 3.05) is 13.1 Å². The smallest absolute Gasteiger partial charge is 0.131 e. The summed E-state index contributed by atoms with van der Waals surface area (Å²) in [6.07, 6.45) is -0.670. The molecule has 1 unspecified atom stereocenters. The van der Waals surface area contributed by atoms with Crippen LogP contribution in [0.15, 0.2) is 18.2 Å². The molecule has 1 saturated heterocycles. The van der Waals surface area contributed by atoms with E-state index in [2.05, 4.69) is 5.32 Å². The van der Waals surface area contributed by atoms with Gasteiger partial charge in [0, 0.05) is 24.6 Å². The second-order valence-electron chi connectivity index (χ2n) is 3.84. The number of halogens is 1. The second-order valence-corrected chi connectivity index (χ2v) is 3.84. The van der Waals surface area contributed by atoms with Crippen LogP contribution in [0, 0.1) is 18.7 Å². The van der Waals surface area contributed by atoms with E-state index in [4.69, 9.17) is 0 Å². The lowest BCUT2D eigenvalue weighted by Gasteiger charge is -2.32. The molecule has 1 aliphatic heterocycles. The van der Waals surface area contributed by atoms with Crippen molar-refractivity contribution in [3.05, 3.63) is 35.1 Å². The summed E-state index contributed by atoms with van der Waals surface area (Å²) < 4.78 is 13.6. The standard InChI is InChI=1S/C11H14FNO/c1-7-3-2-4-9(10(7)12)11(14)8-5-13-6-8/h2-4,8,11,13-14H,5-6H2,1H3. The van der Waals surface area contributed by atoms with Gasteiger partial charge in [0.1, 0.15) is 5.82 Å². The van der Waals surface area contributed by atoms with Crippen molar-refractivity contribution in [2.45, 2.75) is 13.0 Å². The van der Waals surface area contributed by atoms with Gasteiger partial charge in [0.05, 0.1) is 6.10 Å². The highest BCUT2D eigenvalue weighted by atomic mass is 19.1. The maximum absolute atomic E-state index is 13.6.